The van der Waals surface area contributed by atoms with Gasteiger partial charge in [-0.1, -0.05) is 12.1 Å². The monoisotopic (exact) mass is 345 g/mol. The van der Waals surface area contributed by atoms with Crippen LogP contribution in [-0.4, -0.2) is 60.4 Å². The standard InChI is InChI=1S/C19H24FN3O2/c20-15-3-1-2-14(12-15)19(6-7-19)18(25)23-10-8-22(9-11-23)13-17(24)21-16-4-5-16/h1-3,12,16H,4-11,13H2,(H,21,24). The quantitative estimate of drug-likeness (QED) is 0.875. The van der Waals surface area contributed by atoms with Gasteiger partial charge in [-0.25, -0.2) is 4.39 Å². The molecular weight excluding hydrogens is 321 g/mol. The summed E-state index contributed by atoms with van der Waals surface area (Å²) in [5, 5.41) is 3.00. The van der Waals surface area contributed by atoms with Gasteiger partial charge in [-0.2, -0.15) is 0 Å². The van der Waals surface area contributed by atoms with E-state index in [4.69, 9.17) is 0 Å². The average molecular weight is 345 g/mol. The summed E-state index contributed by atoms with van der Waals surface area (Å²) in [6.07, 6.45) is 3.77. The lowest BCUT2D eigenvalue weighted by Crippen LogP contribution is -2.53. The molecule has 1 aromatic carbocycles. The number of halogens is 1. The van der Waals surface area contributed by atoms with Crippen molar-refractivity contribution in [1.82, 2.24) is 15.1 Å². The highest BCUT2D eigenvalue weighted by Crippen LogP contribution is 2.49. The molecule has 1 aromatic rings. The Bertz CT molecular complexity index is 677. The fourth-order valence-corrected chi connectivity index (χ4v) is 3.65. The molecule has 2 saturated carbocycles. The van der Waals surface area contributed by atoms with Crippen LogP contribution in [0.1, 0.15) is 31.2 Å². The number of carbonyl (C=O) groups excluding carboxylic acids is 2. The summed E-state index contributed by atoms with van der Waals surface area (Å²) in [6.45, 7) is 3.10. The summed E-state index contributed by atoms with van der Waals surface area (Å²) in [5.41, 5.74) is 0.275. The zero-order valence-electron chi connectivity index (χ0n) is 14.3. The summed E-state index contributed by atoms with van der Waals surface area (Å²) >= 11 is 0. The van der Waals surface area contributed by atoms with Gasteiger partial charge in [-0.3, -0.25) is 14.5 Å². The van der Waals surface area contributed by atoms with E-state index in [-0.39, 0.29) is 17.6 Å². The van der Waals surface area contributed by atoms with Crippen molar-refractivity contribution < 1.29 is 14.0 Å². The molecule has 1 N–H and O–H groups in total. The first-order valence-corrected chi connectivity index (χ1v) is 9.14. The van der Waals surface area contributed by atoms with E-state index in [1.54, 1.807) is 6.07 Å². The SMILES string of the molecule is O=C(CN1CCN(C(=O)C2(c3cccc(F)c3)CC2)CC1)NC1CC1. The molecule has 3 aliphatic rings. The van der Waals surface area contributed by atoms with Crippen molar-refractivity contribution in [2.75, 3.05) is 32.7 Å². The predicted molar refractivity (Wildman–Crippen MR) is 91.5 cm³/mol. The zero-order valence-corrected chi connectivity index (χ0v) is 14.3. The van der Waals surface area contributed by atoms with Crippen molar-refractivity contribution in [3.8, 4) is 0 Å². The topological polar surface area (TPSA) is 52.7 Å². The zero-order chi connectivity index (χ0) is 17.4. The number of benzene rings is 1. The molecule has 0 radical (unpaired) electrons. The van der Waals surface area contributed by atoms with Crippen molar-refractivity contribution >= 4 is 11.8 Å². The molecule has 0 aromatic heterocycles. The number of nitrogens with zero attached hydrogens (tertiary/aromatic N) is 2. The number of piperazine rings is 1. The van der Waals surface area contributed by atoms with Gasteiger partial charge in [0, 0.05) is 32.2 Å². The Hall–Kier alpha value is -1.95. The van der Waals surface area contributed by atoms with Crippen molar-refractivity contribution in [2.45, 2.75) is 37.1 Å². The molecule has 5 nitrogen and oxygen atoms in total. The molecule has 1 heterocycles. The van der Waals surface area contributed by atoms with Gasteiger partial charge in [0.25, 0.3) is 0 Å². The van der Waals surface area contributed by atoms with E-state index in [0.29, 0.717) is 38.8 Å². The average Bonchev–Trinajstić information content (AvgIpc) is 3.50. The van der Waals surface area contributed by atoms with E-state index in [9.17, 15) is 14.0 Å². The Labute approximate surface area is 147 Å². The van der Waals surface area contributed by atoms with Crippen molar-refractivity contribution in [2.24, 2.45) is 0 Å². The normalized spacial score (nSPS) is 22.5. The Morgan fingerprint density at radius 3 is 2.48 bits per heavy atom. The third-order valence-electron chi connectivity index (χ3n) is 5.51. The maximum Gasteiger partial charge on any atom is 0.234 e. The van der Waals surface area contributed by atoms with Crippen molar-refractivity contribution in [3.05, 3.63) is 35.6 Å². The Balaban J connectivity index is 1.33. The maximum atomic E-state index is 13.5. The van der Waals surface area contributed by atoms with E-state index in [1.807, 2.05) is 11.0 Å². The maximum absolute atomic E-state index is 13.5. The highest BCUT2D eigenvalue weighted by atomic mass is 19.1. The minimum absolute atomic E-state index is 0.0840. The first-order valence-electron chi connectivity index (χ1n) is 9.14. The van der Waals surface area contributed by atoms with Crippen molar-refractivity contribution in [3.63, 3.8) is 0 Å². The van der Waals surface area contributed by atoms with Crippen LogP contribution in [0.4, 0.5) is 4.39 Å². The van der Waals surface area contributed by atoms with Crippen LogP contribution in [0.5, 0.6) is 0 Å². The number of hydrogen-bond acceptors (Lipinski definition) is 3. The van der Waals surface area contributed by atoms with Crippen LogP contribution < -0.4 is 5.32 Å². The van der Waals surface area contributed by atoms with Crippen molar-refractivity contribution in [1.29, 1.82) is 0 Å². The van der Waals surface area contributed by atoms with E-state index in [0.717, 1.165) is 31.2 Å². The molecule has 0 unspecified atom stereocenters. The first-order chi connectivity index (χ1) is 12.1. The van der Waals surface area contributed by atoms with Crippen LogP contribution in [-0.2, 0) is 15.0 Å². The molecule has 1 aliphatic heterocycles. The van der Waals surface area contributed by atoms with Crippen LogP contribution in [0.2, 0.25) is 0 Å². The number of rotatable bonds is 5. The summed E-state index contributed by atoms with van der Waals surface area (Å²) in [7, 11) is 0. The molecule has 2 aliphatic carbocycles. The fourth-order valence-electron chi connectivity index (χ4n) is 3.65. The van der Waals surface area contributed by atoms with Gasteiger partial charge < -0.3 is 10.2 Å². The van der Waals surface area contributed by atoms with Gasteiger partial charge in [-0.05, 0) is 43.4 Å². The molecule has 4 rings (SSSR count). The summed E-state index contributed by atoms with van der Waals surface area (Å²) < 4.78 is 13.5. The third-order valence-corrected chi connectivity index (χ3v) is 5.51. The molecule has 134 valence electrons. The predicted octanol–water partition coefficient (Wildman–Crippen LogP) is 1.28. The van der Waals surface area contributed by atoms with Gasteiger partial charge in [0.1, 0.15) is 5.82 Å². The third kappa shape index (κ3) is 3.54. The Morgan fingerprint density at radius 1 is 1.16 bits per heavy atom. The van der Waals surface area contributed by atoms with Gasteiger partial charge in [-0.15, -0.1) is 0 Å². The minimum atomic E-state index is -0.520. The summed E-state index contributed by atoms with van der Waals surface area (Å²) in [5.74, 6) is -0.0936. The second-order valence-electron chi connectivity index (χ2n) is 7.50. The lowest BCUT2D eigenvalue weighted by atomic mass is 9.94. The second kappa shape index (κ2) is 6.41. The number of carbonyl (C=O) groups is 2. The first kappa shape index (κ1) is 16.5. The highest BCUT2D eigenvalue weighted by molar-refractivity contribution is 5.91. The van der Waals surface area contributed by atoms with Gasteiger partial charge in [0.15, 0.2) is 0 Å². The smallest absolute Gasteiger partial charge is 0.234 e. The van der Waals surface area contributed by atoms with E-state index >= 15 is 0 Å². The Morgan fingerprint density at radius 2 is 1.88 bits per heavy atom. The molecule has 0 spiro atoms. The van der Waals surface area contributed by atoms with E-state index in [1.165, 1.54) is 12.1 Å². The fraction of sp³-hybridized carbons (Fsp3) is 0.579. The van der Waals surface area contributed by atoms with E-state index in [2.05, 4.69) is 10.2 Å². The lowest BCUT2D eigenvalue weighted by Gasteiger charge is -2.36. The van der Waals surface area contributed by atoms with Crippen LogP contribution in [0.15, 0.2) is 24.3 Å². The van der Waals surface area contributed by atoms with Gasteiger partial charge in [0.2, 0.25) is 11.8 Å². The van der Waals surface area contributed by atoms with Crippen LogP contribution in [0.25, 0.3) is 0 Å². The molecule has 2 amide bonds. The van der Waals surface area contributed by atoms with E-state index < -0.39 is 5.41 Å². The summed E-state index contributed by atoms with van der Waals surface area (Å²) in [4.78, 5) is 28.9. The largest absolute Gasteiger partial charge is 0.352 e. The Kier molecular flexibility index (Phi) is 4.23. The van der Waals surface area contributed by atoms with Gasteiger partial charge in [0.05, 0.1) is 12.0 Å². The number of nitrogens with one attached hydrogen (secondary N) is 1. The molecule has 6 heteroatoms. The van der Waals surface area contributed by atoms with Crippen LogP contribution >= 0.6 is 0 Å². The molecule has 25 heavy (non-hydrogen) atoms. The molecule has 3 fully saturated rings. The highest BCUT2D eigenvalue weighted by Gasteiger charge is 2.53. The summed E-state index contributed by atoms with van der Waals surface area (Å²) in [6, 6.07) is 6.82. The molecule has 0 atom stereocenters. The number of hydrogen-bond donors (Lipinski definition) is 1. The lowest BCUT2D eigenvalue weighted by molar-refractivity contribution is -0.136. The molecule has 0 bridgehead atoms. The molecular formula is C19H24FN3O2. The second-order valence-corrected chi connectivity index (χ2v) is 7.50. The van der Waals surface area contributed by atoms with Crippen LogP contribution in [0.3, 0.4) is 0 Å². The minimum Gasteiger partial charge on any atom is -0.352 e. The number of amides is 2. The molecule has 1 saturated heterocycles. The van der Waals surface area contributed by atoms with Gasteiger partial charge >= 0.3 is 0 Å². The van der Waals surface area contributed by atoms with Crippen LogP contribution in [0, 0.1) is 5.82 Å².